The molecule has 0 bridgehead atoms. The lowest BCUT2D eigenvalue weighted by molar-refractivity contribution is -0.115. The average Bonchev–Trinajstić information content (AvgIpc) is 3.19. The maximum Gasteiger partial charge on any atom is 0.230 e. The molecule has 0 radical (unpaired) electrons. The molecule has 0 aliphatic heterocycles. The van der Waals surface area contributed by atoms with E-state index in [1.807, 2.05) is 11.5 Å². The summed E-state index contributed by atoms with van der Waals surface area (Å²) in [5, 5.41) is 12.9. The van der Waals surface area contributed by atoms with E-state index in [9.17, 15) is 19.1 Å². The maximum atomic E-state index is 13.2. The zero-order valence-electron chi connectivity index (χ0n) is 17.2. The number of carbonyl (C=O) groups excluding carboxylic acids is 2. The van der Waals surface area contributed by atoms with Gasteiger partial charge in [0, 0.05) is 47.0 Å². The largest absolute Gasteiger partial charge is 0.394 e. The molecule has 0 fully saturated rings. The average molecular weight is 433 g/mol. The molecule has 0 saturated carbocycles. The monoisotopic (exact) mass is 433 g/mol. The van der Waals surface area contributed by atoms with E-state index in [-0.39, 0.29) is 30.8 Å². The first kappa shape index (κ1) is 21.3. The van der Waals surface area contributed by atoms with E-state index in [4.69, 9.17) is 0 Å². The third-order valence-electron chi connectivity index (χ3n) is 5.03. The minimum absolute atomic E-state index is 0.0450. The summed E-state index contributed by atoms with van der Waals surface area (Å²) in [5.74, 6) is -1.13. The van der Waals surface area contributed by atoms with Crippen LogP contribution in [0.2, 0.25) is 0 Å². The number of hydrogen-bond acceptors (Lipinski definition) is 6. The highest BCUT2D eigenvalue weighted by Crippen LogP contribution is 2.26. The summed E-state index contributed by atoms with van der Waals surface area (Å²) in [6, 6.07) is 5.78. The molecule has 2 N–H and O–H groups in total. The Morgan fingerprint density at radius 1 is 1.16 bits per heavy atom. The van der Waals surface area contributed by atoms with Crippen LogP contribution in [0.15, 0.2) is 61.4 Å². The Morgan fingerprint density at radius 2 is 2.00 bits per heavy atom. The number of anilines is 1. The predicted molar refractivity (Wildman–Crippen MR) is 116 cm³/mol. The summed E-state index contributed by atoms with van der Waals surface area (Å²) in [6.45, 7) is 1.77. The van der Waals surface area contributed by atoms with Gasteiger partial charge < -0.3 is 15.0 Å². The molecule has 8 nitrogen and oxygen atoms in total. The molecule has 162 valence electrons. The molecule has 1 amide bonds. The molecule has 0 aliphatic carbocycles. The van der Waals surface area contributed by atoms with Crippen molar-refractivity contribution in [1.82, 2.24) is 19.5 Å². The Balaban J connectivity index is 1.57. The third-order valence-corrected chi connectivity index (χ3v) is 5.03. The number of halogens is 1. The first-order chi connectivity index (χ1) is 15.5. The summed E-state index contributed by atoms with van der Waals surface area (Å²) >= 11 is 0. The van der Waals surface area contributed by atoms with Gasteiger partial charge in [0.05, 0.1) is 42.7 Å². The Morgan fingerprint density at radius 3 is 2.75 bits per heavy atom. The van der Waals surface area contributed by atoms with Crippen LogP contribution in [0, 0.1) is 5.82 Å². The normalized spacial score (nSPS) is 12.0. The van der Waals surface area contributed by atoms with Crippen molar-refractivity contribution in [1.29, 1.82) is 0 Å². The van der Waals surface area contributed by atoms with Gasteiger partial charge in [0.1, 0.15) is 5.82 Å². The highest BCUT2D eigenvalue weighted by Gasteiger charge is 2.20. The second-order valence-corrected chi connectivity index (χ2v) is 7.36. The van der Waals surface area contributed by atoms with E-state index in [1.54, 1.807) is 30.7 Å². The molecular formula is C23H20FN5O3. The van der Waals surface area contributed by atoms with E-state index >= 15 is 0 Å². The van der Waals surface area contributed by atoms with Crippen molar-refractivity contribution in [2.75, 3.05) is 11.9 Å². The number of fused-ring (bicyclic) bond motifs is 1. The molecule has 32 heavy (non-hydrogen) atoms. The summed E-state index contributed by atoms with van der Waals surface area (Å²) in [4.78, 5) is 37.6. The van der Waals surface area contributed by atoms with Gasteiger partial charge in [0.15, 0.2) is 5.78 Å². The van der Waals surface area contributed by atoms with E-state index < -0.39 is 5.82 Å². The minimum Gasteiger partial charge on any atom is -0.394 e. The number of nitrogens with one attached hydrogen (secondary N) is 1. The van der Waals surface area contributed by atoms with Gasteiger partial charge in [0.2, 0.25) is 5.91 Å². The SMILES string of the molecule is CC(CO)n1cc(C(=O)c2cncc(NC(=O)Cc3ccc(F)cn3)c2)c2cnccc21. The smallest absolute Gasteiger partial charge is 0.230 e. The van der Waals surface area contributed by atoms with Gasteiger partial charge in [0.25, 0.3) is 0 Å². The molecular weight excluding hydrogens is 413 g/mol. The number of amides is 1. The summed E-state index contributed by atoms with van der Waals surface area (Å²) in [5.41, 5.74) is 2.28. The van der Waals surface area contributed by atoms with Gasteiger partial charge >= 0.3 is 0 Å². The molecule has 4 rings (SSSR count). The number of rotatable bonds is 7. The fourth-order valence-corrected chi connectivity index (χ4v) is 3.40. The number of pyridine rings is 3. The topological polar surface area (TPSA) is 110 Å². The third kappa shape index (κ3) is 4.37. The van der Waals surface area contributed by atoms with Crippen molar-refractivity contribution >= 4 is 28.3 Å². The van der Waals surface area contributed by atoms with Gasteiger partial charge in [-0.05, 0) is 31.2 Å². The Labute approximate surface area is 182 Å². The van der Waals surface area contributed by atoms with Gasteiger partial charge in [-0.2, -0.15) is 0 Å². The van der Waals surface area contributed by atoms with Crippen LogP contribution in [-0.4, -0.2) is 42.9 Å². The molecule has 4 aromatic rings. The Kier molecular flexibility index (Phi) is 6.00. The van der Waals surface area contributed by atoms with Crippen molar-refractivity contribution in [2.45, 2.75) is 19.4 Å². The molecule has 4 heterocycles. The number of nitrogens with zero attached hydrogens (tertiary/aromatic N) is 4. The van der Waals surface area contributed by atoms with Crippen LogP contribution in [0.1, 0.15) is 34.6 Å². The van der Waals surface area contributed by atoms with Gasteiger partial charge in [-0.25, -0.2) is 4.39 Å². The van der Waals surface area contributed by atoms with Crippen molar-refractivity contribution in [3.8, 4) is 0 Å². The van der Waals surface area contributed by atoms with Crippen molar-refractivity contribution in [3.63, 3.8) is 0 Å². The fraction of sp³-hybridized carbons (Fsp3) is 0.174. The lowest BCUT2D eigenvalue weighted by atomic mass is 10.0. The number of carbonyl (C=O) groups is 2. The molecule has 1 atom stereocenters. The van der Waals surface area contributed by atoms with Crippen LogP contribution in [0.5, 0.6) is 0 Å². The quantitative estimate of drug-likeness (QED) is 0.434. The summed E-state index contributed by atoms with van der Waals surface area (Å²) < 4.78 is 14.8. The van der Waals surface area contributed by atoms with Crippen LogP contribution in [0.3, 0.4) is 0 Å². The minimum atomic E-state index is -0.477. The first-order valence-corrected chi connectivity index (χ1v) is 9.91. The summed E-state index contributed by atoms with van der Waals surface area (Å²) in [6.07, 6.45) is 8.80. The van der Waals surface area contributed by atoms with Crippen LogP contribution in [-0.2, 0) is 11.2 Å². The molecule has 4 aromatic heterocycles. The second-order valence-electron chi connectivity index (χ2n) is 7.36. The van der Waals surface area contributed by atoms with Gasteiger partial charge in [-0.1, -0.05) is 0 Å². The Bertz CT molecular complexity index is 1290. The zero-order chi connectivity index (χ0) is 22.7. The number of ketones is 1. The predicted octanol–water partition coefficient (Wildman–Crippen LogP) is 2.93. The second kappa shape index (κ2) is 9.03. The number of aromatic nitrogens is 4. The van der Waals surface area contributed by atoms with Crippen LogP contribution in [0.4, 0.5) is 10.1 Å². The van der Waals surface area contributed by atoms with E-state index in [2.05, 4.69) is 20.3 Å². The van der Waals surface area contributed by atoms with Gasteiger partial charge in [-0.15, -0.1) is 0 Å². The highest BCUT2D eigenvalue weighted by atomic mass is 19.1. The Hall–Kier alpha value is -3.98. The van der Waals surface area contributed by atoms with Crippen LogP contribution < -0.4 is 5.32 Å². The molecule has 0 aromatic carbocycles. The lowest BCUT2D eigenvalue weighted by Gasteiger charge is -2.11. The zero-order valence-corrected chi connectivity index (χ0v) is 17.2. The number of aliphatic hydroxyl groups is 1. The van der Waals surface area contributed by atoms with Crippen LogP contribution in [0.25, 0.3) is 10.9 Å². The van der Waals surface area contributed by atoms with Crippen molar-refractivity contribution < 1.29 is 19.1 Å². The number of aliphatic hydroxyl groups excluding tert-OH is 1. The van der Waals surface area contributed by atoms with E-state index in [0.29, 0.717) is 27.9 Å². The standard InChI is InChI=1S/C23H20FN5O3/c1-14(13-30)29-12-20(19-11-25-5-4-21(19)29)23(32)15-6-18(10-26-8-15)28-22(31)7-17-3-2-16(24)9-27-17/h2-6,8-12,14,30H,7,13H2,1H3,(H,28,31). The number of hydrogen-bond donors (Lipinski definition) is 2. The van der Waals surface area contributed by atoms with E-state index in [0.717, 1.165) is 11.7 Å². The van der Waals surface area contributed by atoms with E-state index in [1.165, 1.54) is 24.5 Å². The van der Waals surface area contributed by atoms with Crippen molar-refractivity contribution in [3.05, 3.63) is 84.1 Å². The molecule has 9 heteroatoms. The van der Waals surface area contributed by atoms with Crippen LogP contribution >= 0.6 is 0 Å². The highest BCUT2D eigenvalue weighted by molar-refractivity contribution is 6.16. The molecule has 1 unspecified atom stereocenters. The fourth-order valence-electron chi connectivity index (χ4n) is 3.40. The van der Waals surface area contributed by atoms with Gasteiger partial charge in [-0.3, -0.25) is 24.5 Å². The lowest BCUT2D eigenvalue weighted by Crippen LogP contribution is -2.16. The van der Waals surface area contributed by atoms with Crippen molar-refractivity contribution in [2.24, 2.45) is 0 Å². The maximum absolute atomic E-state index is 13.2. The summed E-state index contributed by atoms with van der Waals surface area (Å²) in [7, 11) is 0. The first-order valence-electron chi connectivity index (χ1n) is 9.91. The molecule has 0 spiro atoms. The molecule has 0 aliphatic rings. The molecule has 0 saturated heterocycles.